The number of ether oxygens (including phenoxy) is 1. The van der Waals surface area contributed by atoms with Gasteiger partial charge in [-0.1, -0.05) is 0 Å². The molecule has 0 radical (unpaired) electrons. The van der Waals surface area contributed by atoms with E-state index in [4.69, 9.17) is 4.74 Å². The highest BCUT2D eigenvalue weighted by atomic mass is 16.5. The molecule has 0 unspecified atom stereocenters. The van der Waals surface area contributed by atoms with E-state index in [-0.39, 0.29) is 0 Å². The lowest BCUT2D eigenvalue weighted by Crippen LogP contribution is -2.05. The van der Waals surface area contributed by atoms with Crippen LogP contribution in [0.2, 0.25) is 0 Å². The number of imidazole rings is 1. The molecular weight excluding hydrogens is 254 g/mol. The molecule has 20 heavy (non-hydrogen) atoms. The summed E-state index contributed by atoms with van der Waals surface area (Å²) in [6, 6.07) is 0.358. The monoisotopic (exact) mass is 277 g/mol. The molecule has 6 nitrogen and oxygen atoms in total. The topological polar surface area (TPSA) is 56.9 Å². The van der Waals surface area contributed by atoms with Gasteiger partial charge in [-0.25, -0.2) is 4.98 Å². The third-order valence-corrected chi connectivity index (χ3v) is 2.99. The Kier molecular flexibility index (Phi) is 5.17. The average molecular weight is 277 g/mol. The van der Waals surface area contributed by atoms with Gasteiger partial charge in [-0.15, -0.1) is 0 Å². The average Bonchev–Trinajstić information content (AvgIpc) is 3.05. The summed E-state index contributed by atoms with van der Waals surface area (Å²) in [5, 5.41) is 7.61. The fourth-order valence-corrected chi connectivity index (χ4v) is 1.91. The number of aryl methyl sites for hydroxylation is 1. The lowest BCUT2D eigenvalue weighted by atomic mass is 10.4. The van der Waals surface area contributed by atoms with Crippen molar-refractivity contribution in [2.45, 2.75) is 39.8 Å². The van der Waals surface area contributed by atoms with Crippen molar-refractivity contribution in [2.24, 2.45) is 0 Å². The van der Waals surface area contributed by atoms with Crippen molar-refractivity contribution in [3.63, 3.8) is 0 Å². The molecule has 0 spiro atoms. The quantitative estimate of drug-likeness (QED) is 0.754. The van der Waals surface area contributed by atoms with Gasteiger partial charge >= 0.3 is 0 Å². The molecule has 1 N–H and O–H groups in total. The van der Waals surface area contributed by atoms with Crippen LogP contribution in [-0.2, 0) is 11.3 Å². The summed E-state index contributed by atoms with van der Waals surface area (Å²) in [4.78, 5) is 4.34. The summed E-state index contributed by atoms with van der Waals surface area (Å²) < 4.78 is 9.36. The molecule has 0 fully saturated rings. The van der Waals surface area contributed by atoms with Crippen molar-refractivity contribution >= 4 is 11.6 Å². The zero-order valence-electron chi connectivity index (χ0n) is 12.4. The Bertz CT molecular complexity index is 517. The molecule has 0 aliphatic heterocycles. The summed E-state index contributed by atoms with van der Waals surface area (Å²) in [6.45, 7) is 8.65. The van der Waals surface area contributed by atoms with Crippen molar-refractivity contribution in [3.8, 4) is 0 Å². The van der Waals surface area contributed by atoms with Crippen LogP contribution in [0.3, 0.4) is 0 Å². The summed E-state index contributed by atoms with van der Waals surface area (Å²) in [7, 11) is 0. The van der Waals surface area contributed by atoms with Crippen LogP contribution in [0.5, 0.6) is 0 Å². The van der Waals surface area contributed by atoms with Crippen LogP contribution in [0.15, 0.2) is 24.8 Å². The molecule has 2 heterocycles. The first-order valence-corrected chi connectivity index (χ1v) is 7.10. The summed E-state index contributed by atoms with van der Waals surface area (Å²) in [5.41, 5.74) is 0.955. The molecule has 0 aromatic carbocycles. The highest BCUT2D eigenvalue weighted by Gasteiger charge is 2.06. The number of hydrogen-bond acceptors (Lipinski definition) is 4. The lowest BCUT2D eigenvalue weighted by Gasteiger charge is -2.08. The lowest BCUT2D eigenvalue weighted by molar-refractivity contribution is 0.142. The van der Waals surface area contributed by atoms with Gasteiger partial charge in [-0.3, -0.25) is 4.68 Å². The third kappa shape index (κ3) is 3.84. The number of nitrogens with one attached hydrogen (secondary N) is 1. The maximum atomic E-state index is 5.35. The Hall–Kier alpha value is -1.82. The minimum atomic E-state index is 0.358. The first kappa shape index (κ1) is 14.6. The number of hydrogen-bond donors (Lipinski definition) is 1. The second-order valence-corrected chi connectivity index (χ2v) is 4.92. The van der Waals surface area contributed by atoms with E-state index in [1.165, 1.54) is 0 Å². The molecule has 0 aliphatic carbocycles. The number of anilines is 2. The number of nitrogens with zero attached hydrogens (tertiary/aromatic N) is 4. The van der Waals surface area contributed by atoms with Gasteiger partial charge < -0.3 is 14.6 Å². The minimum absolute atomic E-state index is 0.358. The molecule has 0 bridgehead atoms. The second kappa shape index (κ2) is 7.09. The van der Waals surface area contributed by atoms with Gasteiger partial charge in [0.2, 0.25) is 5.95 Å². The molecule has 0 saturated heterocycles. The molecule has 2 aromatic heterocycles. The maximum absolute atomic E-state index is 5.35. The molecule has 0 aliphatic rings. The fourth-order valence-electron chi connectivity index (χ4n) is 1.91. The Balaban J connectivity index is 1.93. The van der Waals surface area contributed by atoms with Gasteiger partial charge in [-0.05, 0) is 27.2 Å². The van der Waals surface area contributed by atoms with E-state index in [1.807, 2.05) is 30.2 Å². The third-order valence-electron chi connectivity index (χ3n) is 2.99. The van der Waals surface area contributed by atoms with Crippen LogP contribution in [0, 0.1) is 0 Å². The van der Waals surface area contributed by atoms with Crippen molar-refractivity contribution in [1.29, 1.82) is 0 Å². The molecule has 0 saturated carbocycles. The van der Waals surface area contributed by atoms with E-state index in [2.05, 4.69) is 33.8 Å². The van der Waals surface area contributed by atoms with Crippen molar-refractivity contribution in [1.82, 2.24) is 19.3 Å². The summed E-state index contributed by atoms with van der Waals surface area (Å²) >= 11 is 0. The van der Waals surface area contributed by atoms with Gasteiger partial charge in [0, 0.05) is 44.4 Å². The van der Waals surface area contributed by atoms with Crippen molar-refractivity contribution in [2.75, 3.05) is 18.5 Å². The number of rotatable bonds is 8. The van der Waals surface area contributed by atoms with Crippen LogP contribution in [0.4, 0.5) is 11.6 Å². The summed E-state index contributed by atoms with van der Waals surface area (Å²) in [5.74, 6) is 0.838. The fraction of sp³-hybridized carbons (Fsp3) is 0.571. The molecular formula is C14H23N5O. The molecule has 110 valence electrons. The molecule has 2 rings (SSSR count). The smallest absolute Gasteiger partial charge is 0.207 e. The van der Waals surface area contributed by atoms with E-state index in [0.717, 1.165) is 37.8 Å². The Morgan fingerprint density at radius 3 is 2.95 bits per heavy atom. The summed E-state index contributed by atoms with van der Waals surface area (Å²) in [6.07, 6.45) is 8.56. The molecule has 2 aromatic rings. The predicted molar refractivity (Wildman–Crippen MR) is 79.2 cm³/mol. The van der Waals surface area contributed by atoms with Crippen LogP contribution < -0.4 is 5.32 Å². The van der Waals surface area contributed by atoms with Crippen LogP contribution in [-0.4, -0.2) is 32.5 Å². The highest BCUT2D eigenvalue weighted by molar-refractivity contribution is 5.50. The Morgan fingerprint density at radius 2 is 2.25 bits per heavy atom. The number of aromatic nitrogens is 4. The Morgan fingerprint density at radius 1 is 1.40 bits per heavy atom. The van der Waals surface area contributed by atoms with Gasteiger partial charge in [0.05, 0.1) is 11.9 Å². The van der Waals surface area contributed by atoms with E-state index in [1.54, 1.807) is 6.20 Å². The standard InChI is InChI=1S/C14H23N5O/c1-4-20-9-5-7-18-8-6-15-14(18)17-13-10-16-19(11-13)12(2)3/h6,8,10-12H,4-5,7,9H2,1-3H3,(H,15,17). The normalized spacial score (nSPS) is 11.2. The molecule has 6 heteroatoms. The second-order valence-electron chi connectivity index (χ2n) is 4.92. The SMILES string of the molecule is CCOCCCn1ccnc1Nc1cnn(C(C)C)c1. The zero-order valence-corrected chi connectivity index (χ0v) is 12.4. The van der Waals surface area contributed by atoms with Crippen molar-refractivity contribution < 1.29 is 4.74 Å². The Labute approximate surface area is 119 Å². The highest BCUT2D eigenvalue weighted by Crippen LogP contribution is 2.16. The van der Waals surface area contributed by atoms with E-state index in [0.29, 0.717) is 6.04 Å². The van der Waals surface area contributed by atoms with E-state index in [9.17, 15) is 0 Å². The predicted octanol–water partition coefficient (Wildman–Crippen LogP) is 2.83. The van der Waals surface area contributed by atoms with Gasteiger partial charge in [-0.2, -0.15) is 5.10 Å². The van der Waals surface area contributed by atoms with Crippen molar-refractivity contribution in [3.05, 3.63) is 24.8 Å². The largest absolute Gasteiger partial charge is 0.382 e. The molecule has 0 atom stereocenters. The van der Waals surface area contributed by atoms with Crippen LogP contribution in [0.25, 0.3) is 0 Å². The van der Waals surface area contributed by atoms with Gasteiger partial charge in [0.1, 0.15) is 0 Å². The van der Waals surface area contributed by atoms with E-state index >= 15 is 0 Å². The van der Waals surface area contributed by atoms with Gasteiger partial charge in [0.15, 0.2) is 0 Å². The van der Waals surface area contributed by atoms with Crippen LogP contribution in [0.1, 0.15) is 33.2 Å². The van der Waals surface area contributed by atoms with E-state index < -0.39 is 0 Å². The van der Waals surface area contributed by atoms with Crippen LogP contribution >= 0.6 is 0 Å². The molecule has 0 amide bonds. The van der Waals surface area contributed by atoms with Gasteiger partial charge in [0.25, 0.3) is 0 Å². The first-order valence-electron chi connectivity index (χ1n) is 7.10. The minimum Gasteiger partial charge on any atom is -0.382 e. The maximum Gasteiger partial charge on any atom is 0.207 e. The first-order chi connectivity index (χ1) is 9.70. The zero-order chi connectivity index (χ0) is 14.4.